The topological polar surface area (TPSA) is 85.7 Å². The van der Waals surface area contributed by atoms with Crippen molar-refractivity contribution in [1.29, 1.82) is 0 Å². The number of methoxy groups -OCH3 is 1. The highest BCUT2D eigenvalue weighted by Crippen LogP contribution is 2.26. The Morgan fingerprint density at radius 1 is 1.40 bits per heavy atom. The number of rotatable bonds is 8. The summed E-state index contributed by atoms with van der Waals surface area (Å²) in [7, 11) is 1.68. The van der Waals surface area contributed by atoms with Gasteiger partial charge in [-0.25, -0.2) is 4.98 Å². The molecule has 0 bridgehead atoms. The van der Waals surface area contributed by atoms with Crippen LogP contribution in [0.25, 0.3) is 0 Å². The molecule has 3 rings (SSSR count). The number of hydrazone groups is 1. The number of aromatic nitrogens is 1. The van der Waals surface area contributed by atoms with Gasteiger partial charge in [-0.15, -0.1) is 23.1 Å². The molecular weight excluding hydrogens is 356 g/mol. The molecule has 0 atom stereocenters. The number of benzene rings is 1. The van der Waals surface area contributed by atoms with Gasteiger partial charge in [-0.1, -0.05) is 0 Å². The molecule has 0 saturated carbocycles. The van der Waals surface area contributed by atoms with E-state index in [9.17, 15) is 0 Å². The van der Waals surface area contributed by atoms with Gasteiger partial charge in [-0.3, -0.25) is 5.43 Å². The van der Waals surface area contributed by atoms with Crippen molar-refractivity contribution >= 4 is 40.3 Å². The average Bonchev–Trinajstić information content (AvgIpc) is 3.27. The van der Waals surface area contributed by atoms with Crippen LogP contribution < -0.4 is 15.9 Å². The largest absolute Gasteiger partial charge is 0.496 e. The number of nitrogen functional groups attached to an aromatic ring is 1. The van der Waals surface area contributed by atoms with Crippen LogP contribution in [0.4, 0.5) is 10.9 Å². The third-order valence-electron chi connectivity index (χ3n) is 3.28. The van der Waals surface area contributed by atoms with E-state index in [1.54, 1.807) is 36.7 Å². The molecule has 130 valence electrons. The Kier molecular flexibility index (Phi) is 5.97. The van der Waals surface area contributed by atoms with Gasteiger partial charge in [0.1, 0.15) is 17.3 Å². The van der Waals surface area contributed by atoms with Gasteiger partial charge in [0.05, 0.1) is 25.3 Å². The van der Waals surface area contributed by atoms with E-state index in [-0.39, 0.29) is 0 Å². The van der Waals surface area contributed by atoms with E-state index >= 15 is 0 Å². The zero-order valence-electron chi connectivity index (χ0n) is 13.6. The summed E-state index contributed by atoms with van der Waals surface area (Å²) < 4.78 is 10.8. The molecule has 0 unspecified atom stereocenters. The first-order chi connectivity index (χ1) is 12.2. The maximum Gasteiger partial charge on any atom is 0.205 e. The minimum atomic E-state index is 0.489. The molecule has 0 spiro atoms. The quantitative estimate of drug-likeness (QED) is 0.454. The maximum absolute atomic E-state index is 5.58. The van der Waals surface area contributed by atoms with Crippen LogP contribution in [0.1, 0.15) is 16.9 Å². The maximum atomic E-state index is 5.58. The predicted molar refractivity (Wildman–Crippen MR) is 104 cm³/mol. The summed E-state index contributed by atoms with van der Waals surface area (Å²) in [6, 6.07) is 9.85. The van der Waals surface area contributed by atoms with Gasteiger partial charge in [-0.2, -0.15) is 5.10 Å². The molecule has 0 amide bonds. The first-order valence-electron chi connectivity index (χ1n) is 7.51. The molecule has 6 nitrogen and oxygen atoms in total. The SMILES string of the molecule is COc1ccc(C=NNc2nc(N)cs2)cc1CSCc1ccco1. The number of anilines is 2. The number of nitrogens with two attached hydrogens (primary N) is 1. The van der Waals surface area contributed by atoms with Crippen LogP contribution in [0.2, 0.25) is 0 Å². The van der Waals surface area contributed by atoms with Crippen molar-refractivity contribution in [3.8, 4) is 5.75 Å². The van der Waals surface area contributed by atoms with Crippen molar-refractivity contribution in [3.05, 3.63) is 58.9 Å². The molecule has 0 aliphatic carbocycles. The number of thiazole rings is 1. The Hall–Kier alpha value is -2.45. The number of furan rings is 1. The lowest BCUT2D eigenvalue weighted by Crippen LogP contribution is -1.95. The van der Waals surface area contributed by atoms with E-state index in [1.807, 2.05) is 24.3 Å². The second-order valence-electron chi connectivity index (χ2n) is 5.09. The third-order valence-corrected chi connectivity index (χ3v) is 5.05. The first-order valence-corrected chi connectivity index (χ1v) is 9.55. The highest BCUT2D eigenvalue weighted by molar-refractivity contribution is 7.97. The molecule has 1 aromatic carbocycles. The minimum absolute atomic E-state index is 0.489. The van der Waals surface area contributed by atoms with E-state index in [0.29, 0.717) is 10.9 Å². The second kappa shape index (κ2) is 8.59. The van der Waals surface area contributed by atoms with E-state index in [4.69, 9.17) is 14.9 Å². The highest BCUT2D eigenvalue weighted by atomic mass is 32.2. The van der Waals surface area contributed by atoms with Gasteiger partial charge in [0, 0.05) is 16.7 Å². The molecule has 0 radical (unpaired) electrons. The van der Waals surface area contributed by atoms with Crippen molar-refractivity contribution in [1.82, 2.24) is 4.98 Å². The molecule has 25 heavy (non-hydrogen) atoms. The van der Waals surface area contributed by atoms with Crippen LogP contribution in [-0.4, -0.2) is 18.3 Å². The third kappa shape index (κ3) is 5.01. The minimum Gasteiger partial charge on any atom is -0.496 e. The van der Waals surface area contributed by atoms with Crippen molar-refractivity contribution in [3.63, 3.8) is 0 Å². The summed E-state index contributed by atoms with van der Waals surface area (Å²) in [6.45, 7) is 0. The summed E-state index contributed by atoms with van der Waals surface area (Å²) >= 11 is 3.18. The van der Waals surface area contributed by atoms with Crippen molar-refractivity contribution in [2.45, 2.75) is 11.5 Å². The Bertz CT molecular complexity index is 831. The van der Waals surface area contributed by atoms with Crippen molar-refractivity contribution < 1.29 is 9.15 Å². The molecule has 3 N–H and O–H groups in total. The molecular formula is C17H18N4O2S2. The number of ether oxygens (including phenoxy) is 1. The van der Waals surface area contributed by atoms with Gasteiger partial charge in [0.2, 0.25) is 5.13 Å². The number of hydrogen-bond acceptors (Lipinski definition) is 8. The Balaban J connectivity index is 1.62. The van der Waals surface area contributed by atoms with E-state index in [2.05, 4.69) is 21.6 Å². The van der Waals surface area contributed by atoms with Crippen LogP contribution in [0.15, 0.2) is 51.5 Å². The van der Waals surface area contributed by atoms with Gasteiger partial charge in [0.25, 0.3) is 0 Å². The average molecular weight is 374 g/mol. The van der Waals surface area contributed by atoms with E-state index in [0.717, 1.165) is 34.1 Å². The summed E-state index contributed by atoms with van der Waals surface area (Å²) in [5.41, 5.74) is 10.5. The van der Waals surface area contributed by atoms with Crippen molar-refractivity contribution in [2.75, 3.05) is 18.3 Å². The fraction of sp³-hybridized carbons (Fsp3) is 0.176. The van der Waals surface area contributed by atoms with Crippen LogP contribution in [0, 0.1) is 0 Å². The molecule has 2 heterocycles. The molecule has 2 aromatic heterocycles. The molecule has 0 fully saturated rings. The van der Waals surface area contributed by atoms with Crippen LogP contribution in [-0.2, 0) is 11.5 Å². The highest BCUT2D eigenvalue weighted by Gasteiger charge is 2.05. The molecule has 8 heteroatoms. The van der Waals surface area contributed by atoms with Gasteiger partial charge >= 0.3 is 0 Å². The van der Waals surface area contributed by atoms with E-state index < -0.39 is 0 Å². The summed E-state index contributed by atoms with van der Waals surface area (Å²) in [5.74, 6) is 3.96. The summed E-state index contributed by atoms with van der Waals surface area (Å²) in [6.07, 6.45) is 3.44. The Morgan fingerprint density at radius 3 is 3.04 bits per heavy atom. The Labute approximate surface area is 154 Å². The smallest absolute Gasteiger partial charge is 0.205 e. The summed E-state index contributed by atoms with van der Waals surface area (Å²) in [5, 5.41) is 6.62. The Morgan fingerprint density at radius 2 is 2.32 bits per heavy atom. The lowest BCUT2D eigenvalue weighted by molar-refractivity contribution is 0.411. The van der Waals surface area contributed by atoms with Crippen LogP contribution >= 0.6 is 23.1 Å². The zero-order valence-corrected chi connectivity index (χ0v) is 15.3. The lowest BCUT2D eigenvalue weighted by atomic mass is 10.1. The summed E-state index contributed by atoms with van der Waals surface area (Å²) in [4.78, 5) is 4.09. The number of nitrogens with zero attached hydrogens (tertiary/aromatic N) is 2. The predicted octanol–water partition coefficient (Wildman–Crippen LogP) is 4.21. The number of nitrogens with one attached hydrogen (secondary N) is 1. The zero-order chi connectivity index (χ0) is 17.5. The molecule has 0 saturated heterocycles. The number of thioether (sulfide) groups is 1. The molecule has 0 aliphatic heterocycles. The van der Waals surface area contributed by atoms with Gasteiger partial charge in [-0.05, 0) is 35.9 Å². The first kappa shape index (κ1) is 17.4. The fourth-order valence-electron chi connectivity index (χ4n) is 2.15. The second-order valence-corrected chi connectivity index (χ2v) is 6.93. The van der Waals surface area contributed by atoms with Gasteiger partial charge in [0.15, 0.2) is 0 Å². The van der Waals surface area contributed by atoms with Crippen LogP contribution in [0.5, 0.6) is 5.75 Å². The normalized spacial score (nSPS) is 11.1. The molecule has 0 aliphatic rings. The fourth-order valence-corrected chi connectivity index (χ4v) is 3.61. The van der Waals surface area contributed by atoms with Gasteiger partial charge < -0.3 is 14.9 Å². The number of hydrogen-bond donors (Lipinski definition) is 2. The lowest BCUT2D eigenvalue weighted by Gasteiger charge is -2.09. The monoisotopic (exact) mass is 374 g/mol. The standard InChI is InChI=1S/C17H18N4O2S2/c1-22-15-5-4-12(8-19-21-17-20-16(18)11-25-17)7-13(15)9-24-10-14-3-2-6-23-14/h2-8,11H,9-10,18H2,1H3,(H,20,21). The van der Waals surface area contributed by atoms with Crippen molar-refractivity contribution in [2.24, 2.45) is 5.10 Å². The van der Waals surface area contributed by atoms with Crippen LogP contribution in [0.3, 0.4) is 0 Å². The van der Waals surface area contributed by atoms with E-state index in [1.165, 1.54) is 11.3 Å². The molecule has 3 aromatic rings.